The van der Waals surface area contributed by atoms with E-state index < -0.39 is 11.7 Å². The Bertz CT molecular complexity index is 341. The number of benzene rings is 1. The molecule has 0 radical (unpaired) electrons. The van der Waals surface area contributed by atoms with Gasteiger partial charge < -0.3 is 10.4 Å². The van der Waals surface area contributed by atoms with Gasteiger partial charge in [-0.1, -0.05) is 15.9 Å². The minimum Gasteiger partial charge on any atom is -0.395 e. The summed E-state index contributed by atoms with van der Waals surface area (Å²) in [5.41, 5.74) is -0.400. The van der Waals surface area contributed by atoms with Crippen LogP contribution in [-0.2, 0) is 6.18 Å². The molecule has 0 saturated heterocycles. The molecule has 1 rings (SSSR count). The minimum atomic E-state index is -4.36. The van der Waals surface area contributed by atoms with Crippen molar-refractivity contribution in [3.63, 3.8) is 0 Å². The molecule has 0 amide bonds. The fourth-order valence-corrected chi connectivity index (χ4v) is 1.55. The summed E-state index contributed by atoms with van der Waals surface area (Å²) >= 11 is 2.99. The highest BCUT2D eigenvalue weighted by molar-refractivity contribution is 9.10. The summed E-state index contributed by atoms with van der Waals surface area (Å²) < 4.78 is 37.5. The number of hydrogen-bond donors (Lipinski definition) is 2. The zero-order valence-electron chi connectivity index (χ0n) is 7.61. The third kappa shape index (κ3) is 3.71. The van der Waals surface area contributed by atoms with Gasteiger partial charge in [-0.3, -0.25) is 0 Å². The maximum absolute atomic E-state index is 12.4. The minimum absolute atomic E-state index is 0.131. The van der Waals surface area contributed by atoms with Gasteiger partial charge in [0, 0.05) is 16.7 Å². The lowest BCUT2D eigenvalue weighted by atomic mass is 10.2. The van der Waals surface area contributed by atoms with Crippen molar-refractivity contribution in [1.29, 1.82) is 0 Å². The number of aliphatic hydroxyl groups excluding tert-OH is 1. The van der Waals surface area contributed by atoms with Crippen LogP contribution in [0, 0.1) is 0 Å². The molecule has 2 nitrogen and oxygen atoms in total. The summed E-state index contributed by atoms with van der Waals surface area (Å²) in [5.74, 6) is 0. The topological polar surface area (TPSA) is 32.3 Å². The van der Waals surface area contributed by atoms with Crippen molar-refractivity contribution in [2.75, 3.05) is 18.5 Å². The summed E-state index contributed by atoms with van der Waals surface area (Å²) in [5, 5.41) is 11.2. The molecule has 0 unspecified atom stereocenters. The van der Waals surface area contributed by atoms with Gasteiger partial charge in [0.15, 0.2) is 0 Å². The number of halogens is 4. The third-order valence-electron chi connectivity index (χ3n) is 1.67. The molecule has 0 aliphatic rings. The van der Waals surface area contributed by atoms with Gasteiger partial charge in [0.05, 0.1) is 12.2 Å². The largest absolute Gasteiger partial charge is 0.416 e. The van der Waals surface area contributed by atoms with Crippen LogP contribution in [0.5, 0.6) is 0 Å². The lowest BCUT2D eigenvalue weighted by Crippen LogP contribution is -2.09. The van der Waals surface area contributed by atoms with Crippen LogP contribution in [0.2, 0.25) is 0 Å². The van der Waals surface area contributed by atoms with E-state index in [2.05, 4.69) is 21.2 Å². The Morgan fingerprint density at radius 1 is 1.27 bits per heavy atom. The van der Waals surface area contributed by atoms with Crippen molar-refractivity contribution in [3.05, 3.63) is 28.2 Å². The van der Waals surface area contributed by atoms with Crippen molar-refractivity contribution in [3.8, 4) is 0 Å². The van der Waals surface area contributed by atoms with E-state index in [0.717, 1.165) is 12.1 Å². The first-order valence-electron chi connectivity index (χ1n) is 4.16. The van der Waals surface area contributed by atoms with E-state index in [1.54, 1.807) is 0 Å². The van der Waals surface area contributed by atoms with E-state index in [1.165, 1.54) is 6.07 Å². The van der Waals surface area contributed by atoms with Gasteiger partial charge in [0.2, 0.25) is 0 Å². The first-order chi connectivity index (χ1) is 6.93. The van der Waals surface area contributed by atoms with Gasteiger partial charge >= 0.3 is 6.18 Å². The quantitative estimate of drug-likeness (QED) is 0.894. The zero-order valence-corrected chi connectivity index (χ0v) is 9.19. The fraction of sp³-hybridized carbons (Fsp3) is 0.333. The molecule has 0 aliphatic heterocycles. The summed E-state index contributed by atoms with van der Waals surface area (Å²) in [7, 11) is 0. The Morgan fingerprint density at radius 3 is 2.47 bits per heavy atom. The molecule has 1 aromatic carbocycles. The van der Waals surface area contributed by atoms with Crippen LogP contribution in [0.15, 0.2) is 22.7 Å². The summed E-state index contributed by atoms with van der Waals surface area (Å²) in [6, 6.07) is 3.52. The van der Waals surface area contributed by atoms with Crippen molar-refractivity contribution in [1.82, 2.24) is 0 Å². The molecular formula is C9H9BrF3NO. The molecule has 0 bridgehead atoms. The van der Waals surface area contributed by atoms with Gasteiger partial charge in [0.25, 0.3) is 0 Å². The normalized spacial score (nSPS) is 11.5. The van der Waals surface area contributed by atoms with Gasteiger partial charge in [-0.2, -0.15) is 13.2 Å². The van der Waals surface area contributed by atoms with E-state index in [9.17, 15) is 13.2 Å². The van der Waals surface area contributed by atoms with E-state index >= 15 is 0 Å². The predicted molar refractivity (Wildman–Crippen MR) is 54.7 cm³/mol. The summed E-state index contributed by atoms with van der Waals surface area (Å²) in [4.78, 5) is 0. The van der Waals surface area contributed by atoms with E-state index in [4.69, 9.17) is 5.11 Å². The molecule has 1 aromatic rings. The first-order valence-corrected chi connectivity index (χ1v) is 4.95. The van der Waals surface area contributed by atoms with E-state index in [1.807, 2.05) is 0 Å². The zero-order chi connectivity index (χ0) is 11.5. The van der Waals surface area contributed by atoms with Gasteiger partial charge in [0.1, 0.15) is 0 Å². The fourth-order valence-electron chi connectivity index (χ4n) is 1.06. The molecule has 0 aliphatic carbocycles. The Kier molecular flexibility index (Phi) is 3.98. The Labute approximate surface area is 93.2 Å². The molecule has 0 atom stereocenters. The summed E-state index contributed by atoms with van der Waals surface area (Å²) in [6.45, 7) is 0.0849. The highest BCUT2D eigenvalue weighted by Crippen LogP contribution is 2.33. The van der Waals surface area contributed by atoms with Crippen molar-refractivity contribution >= 4 is 21.6 Å². The van der Waals surface area contributed by atoms with Gasteiger partial charge in [-0.15, -0.1) is 0 Å². The standard InChI is InChI=1S/C9H9BrF3NO/c10-7-3-6(9(11,12)13)4-8(5-7)14-1-2-15/h3-5,14-15H,1-2H2. The van der Waals surface area contributed by atoms with Gasteiger partial charge in [-0.25, -0.2) is 0 Å². The predicted octanol–water partition coefficient (Wildman–Crippen LogP) is 2.87. The second kappa shape index (κ2) is 4.85. The molecule has 0 spiro atoms. The Hall–Kier alpha value is -0.750. The highest BCUT2D eigenvalue weighted by Gasteiger charge is 2.30. The van der Waals surface area contributed by atoms with Crippen molar-refractivity contribution < 1.29 is 18.3 Å². The number of hydrogen-bond acceptors (Lipinski definition) is 2. The molecule has 0 fully saturated rings. The average Bonchev–Trinajstić information content (AvgIpc) is 2.12. The number of anilines is 1. The molecule has 0 heterocycles. The van der Waals surface area contributed by atoms with Crippen LogP contribution in [0.25, 0.3) is 0 Å². The van der Waals surface area contributed by atoms with E-state index in [-0.39, 0.29) is 13.2 Å². The van der Waals surface area contributed by atoms with Crippen molar-refractivity contribution in [2.45, 2.75) is 6.18 Å². The maximum atomic E-state index is 12.4. The molecule has 84 valence electrons. The molecule has 0 aromatic heterocycles. The lowest BCUT2D eigenvalue weighted by molar-refractivity contribution is -0.137. The van der Waals surface area contributed by atoms with Crippen molar-refractivity contribution in [2.24, 2.45) is 0 Å². The van der Waals surface area contributed by atoms with Crippen LogP contribution in [0.1, 0.15) is 5.56 Å². The molecule has 15 heavy (non-hydrogen) atoms. The van der Waals surface area contributed by atoms with Crippen LogP contribution < -0.4 is 5.32 Å². The maximum Gasteiger partial charge on any atom is 0.416 e. The number of alkyl halides is 3. The van der Waals surface area contributed by atoms with E-state index in [0.29, 0.717) is 10.2 Å². The Morgan fingerprint density at radius 2 is 1.93 bits per heavy atom. The Balaban J connectivity index is 2.95. The second-order valence-corrected chi connectivity index (χ2v) is 3.79. The number of nitrogens with one attached hydrogen (secondary N) is 1. The monoisotopic (exact) mass is 283 g/mol. The van der Waals surface area contributed by atoms with Crippen LogP contribution in [0.3, 0.4) is 0 Å². The van der Waals surface area contributed by atoms with Crippen LogP contribution >= 0.6 is 15.9 Å². The number of aliphatic hydroxyl groups is 1. The average molecular weight is 284 g/mol. The molecule has 0 saturated carbocycles. The third-order valence-corrected chi connectivity index (χ3v) is 2.12. The SMILES string of the molecule is OCCNc1cc(Br)cc(C(F)(F)F)c1. The van der Waals surface area contributed by atoms with Crippen LogP contribution in [-0.4, -0.2) is 18.3 Å². The molecular weight excluding hydrogens is 275 g/mol. The molecule has 2 N–H and O–H groups in total. The second-order valence-electron chi connectivity index (χ2n) is 2.88. The summed E-state index contributed by atoms with van der Waals surface area (Å²) in [6.07, 6.45) is -4.36. The van der Waals surface area contributed by atoms with Crippen LogP contribution in [0.4, 0.5) is 18.9 Å². The first kappa shape index (κ1) is 12.3. The number of rotatable bonds is 3. The lowest BCUT2D eigenvalue weighted by Gasteiger charge is -2.10. The highest BCUT2D eigenvalue weighted by atomic mass is 79.9. The van der Waals surface area contributed by atoms with Gasteiger partial charge in [-0.05, 0) is 18.2 Å². The smallest absolute Gasteiger partial charge is 0.395 e. The molecule has 6 heteroatoms.